The Hall–Kier alpha value is -1.34. The predicted molar refractivity (Wildman–Crippen MR) is 62.6 cm³/mol. The van der Waals surface area contributed by atoms with Gasteiger partial charge in [0, 0.05) is 12.4 Å². The van der Waals surface area contributed by atoms with E-state index >= 15 is 0 Å². The molecule has 2 aromatic heterocycles. The average molecular weight is 254 g/mol. The van der Waals surface area contributed by atoms with Crippen molar-refractivity contribution < 1.29 is 4.79 Å². The summed E-state index contributed by atoms with van der Waals surface area (Å²) in [6.45, 7) is 2.28. The summed E-state index contributed by atoms with van der Waals surface area (Å²) in [6, 6.07) is 0. The molecule has 0 aliphatic heterocycles. The number of thiazole rings is 1. The molecule has 84 valence electrons. The molecule has 0 N–H and O–H groups in total. The molecule has 0 saturated heterocycles. The molecule has 0 bridgehead atoms. The van der Waals surface area contributed by atoms with Crippen LogP contribution in [0, 0.1) is 6.92 Å². The Morgan fingerprint density at radius 1 is 1.50 bits per heavy atom. The maximum absolute atomic E-state index is 12.0. The normalized spacial score (nSPS) is 10.4. The predicted octanol–water partition coefficient (Wildman–Crippen LogP) is 1.58. The van der Waals surface area contributed by atoms with Gasteiger partial charge in [-0.25, -0.2) is 4.98 Å². The SMILES string of the molecule is Cc1nsnc1C(=O)N(C)Cc1cscn1. The van der Waals surface area contributed by atoms with E-state index in [0.717, 1.165) is 17.4 Å². The number of nitrogens with zero attached hydrogens (tertiary/aromatic N) is 4. The van der Waals surface area contributed by atoms with Gasteiger partial charge in [-0.05, 0) is 6.92 Å². The summed E-state index contributed by atoms with van der Waals surface area (Å²) in [5.74, 6) is -0.112. The lowest BCUT2D eigenvalue weighted by atomic mass is 10.3. The number of hydrogen-bond donors (Lipinski definition) is 0. The van der Waals surface area contributed by atoms with Gasteiger partial charge in [-0.15, -0.1) is 11.3 Å². The fourth-order valence-electron chi connectivity index (χ4n) is 1.24. The molecule has 2 rings (SSSR count). The lowest BCUT2D eigenvalue weighted by molar-refractivity contribution is 0.0778. The summed E-state index contributed by atoms with van der Waals surface area (Å²) >= 11 is 2.58. The van der Waals surface area contributed by atoms with Gasteiger partial charge in [-0.1, -0.05) is 0 Å². The minimum absolute atomic E-state index is 0.112. The van der Waals surface area contributed by atoms with Gasteiger partial charge < -0.3 is 4.90 Å². The van der Waals surface area contributed by atoms with Crippen LogP contribution in [0.25, 0.3) is 0 Å². The molecule has 0 radical (unpaired) electrons. The molecule has 7 heteroatoms. The van der Waals surface area contributed by atoms with Crippen LogP contribution in [0.3, 0.4) is 0 Å². The second kappa shape index (κ2) is 4.67. The first-order valence-corrected chi connectivity index (χ1v) is 6.27. The Morgan fingerprint density at radius 2 is 2.31 bits per heavy atom. The van der Waals surface area contributed by atoms with Gasteiger partial charge in [0.1, 0.15) is 0 Å². The van der Waals surface area contributed by atoms with Gasteiger partial charge >= 0.3 is 0 Å². The lowest BCUT2D eigenvalue weighted by Crippen LogP contribution is -2.27. The minimum Gasteiger partial charge on any atom is -0.334 e. The van der Waals surface area contributed by atoms with Crippen molar-refractivity contribution in [2.24, 2.45) is 0 Å². The zero-order valence-electron chi connectivity index (χ0n) is 8.88. The molecule has 5 nitrogen and oxygen atoms in total. The molecule has 0 aromatic carbocycles. The summed E-state index contributed by atoms with van der Waals surface area (Å²) in [7, 11) is 1.74. The number of carbonyl (C=O) groups excluding carboxylic acids is 1. The topological polar surface area (TPSA) is 59.0 Å². The van der Waals surface area contributed by atoms with E-state index < -0.39 is 0 Å². The van der Waals surface area contributed by atoms with Crippen LogP contribution >= 0.6 is 23.1 Å². The van der Waals surface area contributed by atoms with Gasteiger partial charge in [0.2, 0.25) is 0 Å². The fourth-order valence-corrected chi connectivity index (χ4v) is 2.33. The largest absolute Gasteiger partial charge is 0.334 e. The van der Waals surface area contributed by atoms with Crippen LogP contribution in [0.5, 0.6) is 0 Å². The quantitative estimate of drug-likeness (QED) is 0.834. The minimum atomic E-state index is -0.112. The molecule has 0 fully saturated rings. The van der Waals surface area contributed by atoms with Crippen molar-refractivity contribution >= 4 is 29.0 Å². The summed E-state index contributed by atoms with van der Waals surface area (Å²) in [5, 5.41) is 1.93. The molecule has 2 heterocycles. The van der Waals surface area contributed by atoms with Crippen LogP contribution in [0.2, 0.25) is 0 Å². The zero-order chi connectivity index (χ0) is 11.5. The Kier molecular flexibility index (Phi) is 3.25. The van der Waals surface area contributed by atoms with E-state index in [-0.39, 0.29) is 5.91 Å². The molecular formula is C9H10N4OS2. The van der Waals surface area contributed by atoms with E-state index in [9.17, 15) is 4.79 Å². The summed E-state index contributed by atoms with van der Waals surface area (Å²) in [5.41, 5.74) is 3.76. The molecule has 0 atom stereocenters. The van der Waals surface area contributed by atoms with Crippen molar-refractivity contribution in [3.63, 3.8) is 0 Å². The highest BCUT2D eigenvalue weighted by Crippen LogP contribution is 2.10. The molecule has 2 aromatic rings. The molecule has 0 aliphatic carbocycles. The highest BCUT2D eigenvalue weighted by atomic mass is 32.1. The Bertz CT molecular complexity index is 479. The molecule has 1 amide bonds. The molecule has 0 saturated carbocycles. The number of carbonyl (C=O) groups is 1. The third kappa shape index (κ3) is 2.25. The van der Waals surface area contributed by atoms with Crippen LogP contribution in [-0.2, 0) is 6.54 Å². The third-order valence-electron chi connectivity index (χ3n) is 2.08. The second-order valence-corrected chi connectivity index (χ2v) is 4.59. The van der Waals surface area contributed by atoms with Crippen molar-refractivity contribution in [2.75, 3.05) is 7.05 Å². The Labute approximate surface area is 101 Å². The van der Waals surface area contributed by atoms with E-state index in [1.54, 1.807) is 24.4 Å². The standard InChI is InChI=1S/C9H10N4OS2/c1-6-8(12-16-11-6)9(14)13(2)3-7-4-15-5-10-7/h4-5H,3H2,1-2H3. The van der Waals surface area contributed by atoms with Gasteiger partial charge in [0.25, 0.3) is 5.91 Å². The van der Waals surface area contributed by atoms with E-state index in [0.29, 0.717) is 17.9 Å². The van der Waals surface area contributed by atoms with Crippen LogP contribution < -0.4 is 0 Å². The smallest absolute Gasteiger partial charge is 0.275 e. The summed E-state index contributed by atoms with van der Waals surface area (Å²) in [6.07, 6.45) is 0. The van der Waals surface area contributed by atoms with Gasteiger partial charge in [-0.2, -0.15) is 8.75 Å². The monoisotopic (exact) mass is 254 g/mol. The highest BCUT2D eigenvalue weighted by Gasteiger charge is 2.18. The number of rotatable bonds is 3. The van der Waals surface area contributed by atoms with E-state index in [4.69, 9.17) is 0 Å². The van der Waals surface area contributed by atoms with E-state index in [2.05, 4.69) is 13.7 Å². The maximum atomic E-state index is 12.0. The molecule has 0 unspecified atom stereocenters. The first-order chi connectivity index (χ1) is 7.68. The average Bonchev–Trinajstić information content (AvgIpc) is 2.88. The Balaban J connectivity index is 2.08. The van der Waals surface area contributed by atoms with Gasteiger partial charge in [-0.3, -0.25) is 4.79 Å². The Morgan fingerprint density at radius 3 is 2.88 bits per heavy atom. The maximum Gasteiger partial charge on any atom is 0.275 e. The van der Waals surface area contributed by atoms with Crippen LogP contribution in [0.4, 0.5) is 0 Å². The molecule has 0 aliphatic rings. The van der Waals surface area contributed by atoms with Crippen LogP contribution in [0.15, 0.2) is 10.9 Å². The molecule has 0 spiro atoms. The van der Waals surface area contributed by atoms with Crippen molar-refractivity contribution in [3.05, 3.63) is 28.0 Å². The van der Waals surface area contributed by atoms with Gasteiger partial charge in [0.05, 0.1) is 35.2 Å². The number of hydrogen-bond acceptors (Lipinski definition) is 6. The van der Waals surface area contributed by atoms with Crippen molar-refractivity contribution in [1.82, 2.24) is 18.6 Å². The zero-order valence-corrected chi connectivity index (χ0v) is 10.5. The van der Waals surface area contributed by atoms with Crippen molar-refractivity contribution in [2.45, 2.75) is 13.5 Å². The lowest BCUT2D eigenvalue weighted by Gasteiger charge is -2.14. The third-order valence-corrected chi connectivity index (χ3v) is 3.34. The summed E-state index contributed by atoms with van der Waals surface area (Å²) < 4.78 is 7.97. The molecule has 16 heavy (non-hydrogen) atoms. The first-order valence-electron chi connectivity index (χ1n) is 4.60. The number of aromatic nitrogens is 3. The fraction of sp³-hybridized carbons (Fsp3) is 0.333. The number of amides is 1. The second-order valence-electron chi connectivity index (χ2n) is 3.34. The first kappa shape index (κ1) is 11.2. The van der Waals surface area contributed by atoms with Gasteiger partial charge in [0.15, 0.2) is 5.69 Å². The highest BCUT2D eigenvalue weighted by molar-refractivity contribution is 7.07. The van der Waals surface area contributed by atoms with E-state index in [1.807, 2.05) is 5.38 Å². The van der Waals surface area contributed by atoms with Crippen LogP contribution in [0.1, 0.15) is 21.9 Å². The summed E-state index contributed by atoms with van der Waals surface area (Å²) in [4.78, 5) is 17.7. The van der Waals surface area contributed by atoms with Crippen molar-refractivity contribution in [1.29, 1.82) is 0 Å². The van der Waals surface area contributed by atoms with Crippen LogP contribution in [-0.4, -0.2) is 31.6 Å². The van der Waals surface area contributed by atoms with E-state index in [1.165, 1.54) is 11.3 Å². The molecular weight excluding hydrogens is 244 g/mol. The number of aryl methyl sites for hydroxylation is 1. The van der Waals surface area contributed by atoms with Crippen molar-refractivity contribution in [3.8, 4) is 0 Å².